The molecule has 0 bridgehead atoms. The van der Waals surface area contributed by atoms with Crippen molar-refractivity contribution in [3.63, 3.8) is 0 Å². The Kier molecular flexibility index (Phi) is 3.80. The lowest BCUT2D eigenvalue weighted by atomic mass is 9.95. The van der Waals surface area contributed by atoms with Gasteiger partial charge in [-0.2, -0.15) is 0 Å². The molecule has 0 spiro atoms. The van der Waals surface area contributed by atoms with Crippen molar-refractivity contribution in [3.8, 4) is 0 Å². The first-order valence-electron chi connectivity index (χ1n) is 5.96. The second kappa shape index (κ2) is 5.18. The molecule has 1 unspecified atom stereocenters. The number of hydrogen-bond donors (Lipinski definition) is 0. The molecule has 2 heterocycles. The van der Waals surface area contributed by atoms with Crippen molar-refractivity contribution in [2.24, 2.45) is 11.8 Å². The molecule has 18 heavy (non-hydrogen) atoms. The second-order valence-corrected chi connectivity index (χ2v) is 5.68. The molecule has 0 aliphatic carbocycles. The fourth-order valence-electron chi connectivity index (χ4n) is 2.04. The number of nitrogens with zero attached hydrogens (tertiary/aromatic N) is 2. The predicted molar refractivity (Wildman–Crippen MR) is 70.9 cm³/mol. The smallest absolute Gasteiger partial charge is 0.277 e. The summed E-state index contributed by atoms with van der Waals surface area (Å²) in [6, 6.07) is 5.12. The zero-order chi connectivity index (χ0) is 13.3. The average Bonchev–Trinajstić information content (AvgIpc) is 2.70. The van der Waals surface area contributed by atoms with Crippen LogP contribution in [0.15, 0.2) is 22.8 Å². The molecule has 5 heteroatoms. The maximum Gasteiger partial charge on any atom is 0.279 e. The van der Waals surface area contributed by atoms with E-state index >= 15 is 0 Å². The van der Waals surface area contributed by atoms with Crippen molar-refractivity contribution in [1.29, 1.82) is 0 Å². The van der Waals surface area contributed by atoms with Crippen molar-refractivity contribution < 1.29 is 9.59 Å². The van der Waals surface area contributed by atoms with Crippen LogP contribution in [-0.4, -0.2) is 28.2 Å². The van der Waals surface area contributed by atoms with E-state index in [-0.39, 0.29) is 17.7 Å². The van der Waals surface area contributed by atoms with Crippen LogP contribution in [0, 0.1) is 11.8 Å². The minimum atomic E-state index is -0.301. The summed E-state index contributed by atoms with van der Waals surface area (Å²) >= 11 is 3.22. The monoisotopic (exact) mass is 310 g/mol. The zero-order valence-corrected chi connectivity index (χ0v) is 12.0. The number of amides is 2. The summed E-state index contributed by atoms with van der Waals surface area (Å²) in [5, 5.41) is 0. The maximum atomic E-state index is 12.2. The fraction of sp³-hybridized carbons (Fsp3) is 0.462. The van der Waals surface area contributed by atoms with Gasteiger partial charge < -0.3 is 0 Å². The van der Waals surface area contributed by atoms with E-state index in [1.807, 2.05) is 0 Å². The van der Waals surface area contributed by atoms with E-state index in [1.54, 1.807) is 18.2 Å². The molecule has 1 aromatic rings. The van der Waals surface area contributed by atoms with Gasteiger partial charge in [0.05, 0.1) is 0 Å². The van der Waals surface area contributed by atoms with Gasteiger partial charge in [0.15, 0.2) is 0 Å². The Morgan fingerprint density at radius 1 is 1.50 bits per heavy atom. The third-order valence-corrected chi connectivity index (χ3v) is 3.72. The van der Waals surface area contributed by atoms with E-state index in [4.69, 9.17) is 0 Å². The summed E-state index contributed by atoms with van der Waals surface area (Å²) in [7, 11) is 0. The SMILES string of the molecule is CC(C)C1CC(=O)N(C(=O)c2cccc(Br)n2)C1. The van der Waals surface area contributed by atoms with E-state index in [1.165, 1.54) is 4.90 Å². The lowest BCUT2D eigenvalue weighted by Crippen LogP contribution is -2.33. The largest absolute Gasteiger partial charge is 0.279 e. The van der Waals surface area contributed by atoms with Crippen molar-refractivity contribution in [2.45, 2.75) is 20.3 Å². The molecule has 1 fully saturated rings. The lowest BCUT2D eigenvalue weighted by Gasteiger charge is -2.16. The molecule has 4 nitrogen and oxygen atoms in total. The highest BCUT2D eigenvalue weighted by Gasteiger charge is 2.36. The van der Waals surface area contributed by atoms with Gasteiger partial charge in [-0.05, 0) is 39.9 Å². The van der Waals surface area contributed by atoms with Gasteiger partial charge in [0.2, 0.25) is 5.91 Å². The molecule has 2 rings (SSSR count). The number of halogens is 1. The van der Waals surface area contributed by atoms with Gasteiger partial charge in [-0.1, -0.05) is 19.9 Å². The number of likely N-dealkylation sites (tertiary alicyclic amines) is 1. The van der Waals surface area contributed by atoms with Crippen LogP contribution in [0.25, 0.3) is 0 Å². The highest BCUT2D eigenvalue weighted by atomic mass is 79.9. The molecule has 0 aromatic carbocycles. The standard InChI is InChI=1S/C13H15BrN2O2/c1-8(2)9-6-12(17)16(7-9)13(18)10-4-3-5-11(14)15-10/h3-5,8-9H,6-7H2,1-2H3. The summed E-state index contributed by atoms with van der Waals surface area (Å²) < 4.78 is 0.598. The first-order chi connectivity index (χ1) is 8.49. The fourth-order valence-corrected chi connectivity index (χ4v) is 2.39. The molecule has 0 radical (unpaired) electrons. The quantitative estimate of drug-likeness (QED) is 0.623. The van der Waals surface area contributed by atoms with Crippen LogP contribution in [0.2, 0.25) is 0 Å². The van der Waals surface area contributed by atoms with Crippen molar-refractivity contribution in [3.05, 3.63) is 28.5 Å². The number of rotatable bonds is 2. The van der Waals surface area contributed by atoms with Crippen molar-refractivity contribution in [2.75, 3.05) is 6.54 Å². The number of imide groups is 1. The van der Waals surface area contributed by atoms with Crippen LogP contribution in [0.3, 0.4) is 0 Å². The average molecular weight is 311 g/mol. The normalized spacial score (nSPS) is 19.7. The minimum Gasteiger partial charge on any atom is -0.277 e. The molecular weight excluding hydrogens is 296 g/mol. The lowest BCUT2D eigenvalue weighted by molar-refractivity contribution is -0.125. The first kappa shape index (κ1) is 13.2. The summed E-state index contributed by atoms with van der Waals surface area (Å²) in [6.07, 6.45) is 0.456. The predicted octanol–water partition coefficient (Wildman–Crippen LogP) is 2.49. The maximum absolute atomic E-state index is 12.2. The summed E-state index contributed by atoms with van der Waals surface area (Å²) in [5.41, 5.74) is 0.308. The van der Waals surface area contributed by atoms with Gasteiger partial charge in [-0.25, -0.2) is 4.98 Å². The highest BCUT2D eigenvalue weighted by Crippen LogP contribution is 2.25. The Balaban J connectivity index is 2.17. The molecule has 0 saturated carbocycles. The van der Waals surface area contributed by atoms with Crippen LogP contribution < -0.4 is 0 Å². The van der Waals surface area contributed by atoms with Gasteiger partial charge in [-0.15, -0.1) is 0 Å². The van der Waals surface area contributed by atoms with E-state index in [9.17, 15) is 9.59 Å². The molecule has 2 amide bonds. The first-order valence-corrected chi connectivity index (χ1v) is 6.75. The van der Waals surface area contributed by atoms with Crippen LogP contribution >= 0.6 is 15.9 Å². The molecule has 1 aliphatic rings. The Morgan fingerprint density at radius 3 is 2.78 bits per heavy atom. The van der Waals surface area contributed by atoms with Crippen LogP contribution in [-0.2, 0) is 4.79 Å². The molecule has 0 N–H and O–H groups in total. The van der Waals surface area contributed by atoms with Gasteiger partial charge >= 0.3 is 0 Å². The van der Waals surface area contributed by atoms with Crippen molar-refractivity contribution >= 4 is 27.7 Å². The molecule has 1 aliphatic heterocycles. The van der Waals surface area contributed by atoms with Crippen LogP contribution in [0.1, 0.15) is 30.8 Å². The number of carbonyl (C=O) groups excluding carboxylic acids is 2. The Morgan fingerprint density at radius 2 is 2.22 bits per heavy atom. The number of aromatic nitrogens is 1. The molecule has 1 atom stereocenters. The van der Waals surface area contributed by atoms with Gasteiger partial charge in [-0.3, -0.25) is 14.5 Å². The number of carbonyl (C=O) groups is 2. The third-order valence-electron chi connectivity index (χ3n) is 3.28. The molecule has 96 valence electrons. The Hall–Kier alpha value is -1.23. The third kappa shape index (κ3) is 2.61. The van der Waals surface area contributed by atoms with E-state index < -0.39 is 0 Å². The highest BCUT2D eigenvalue weighted by molar-refractivity contribution is 9.10. The van der Waals surface area contributed by atoms with Gasteiger partial charge in [0.1, 0.15) is 10.3 Å². The summed E-state index contributed by atoms with van der Waals surface area (Å²) in [4.78, 5) is 29.5. The number of hydrogen-bond acceptors (Lipinski definition) is 3. The topological polar surface area (TPSA) is 50.3 Å². The van der Waals surface area contributed by atoms with Crippen LogP contribution in [0.5, 0.6) is 0 Å². The minimum absolute atomic E-state index is 0.0968. The Bertz CT molecular complexity index is 488. The van der Waals surface area contributed by atoms with Crippen molar-refractivity contribution in [1.82, 2.24) is 9.88 Å². The van der Waals surface area contributed by atoms with Gasteiger partial charge in [0, 0.05) is 13.0 Å². The van der Waals surface area contributed by atoms with Crippen LogP contribution in [0.4, 0.5) is 0 Å². The summed E-state index contributed by atoms with van der Waals surface area (Å²) in [6.45, 7) is 4.65. The van der Waals surface area contributed by atoms with E-state index in [0.29, 0.717) is 29.2 Å². The molecule has 1 saturated heterocycles. The number of pyridine rings is 1. The zero-order valence-electron chi connectivity index (χ0n) is 10.4. The summed E-state index contributed by atoms with van der Waals surface area (Å²) in [5.74, 6) is 0.265. The molecule has 1 aromatic heterocycles. The van der Waals surface area contributed by atoms with E-state index in [0.717, 1.165) is 0 Å². The van der Waals surface area contributed by atoms with Gasteiger partial charge in [0.25, 0.3) is 5.91 Å². The van der Waals surface area contributed by atoms with E-state index in [2.05, 4.69) is 34.8 Å². The second-order valence-electron chi connectivity index (χ2n) is 4.86. The Labute approximate surface area is 115 Å². The molecular formula is C13H15BrN2O2.